The highest BCUT2D eigenvalue weighted by atomic mass is 31.2. The first-order chi connectivity index (χ1) is 15.8. The van der Waals surface area contributed by atoms with Gasteiger partial charge < -0.3 is 19.3 Å². The summed E-state index contributed by atoms with van der Waals surface area (Å²) in [6.45, 7) is 3.03. The van der Waals surface area contributed by atoms with Crippen molar-refractivity contribution >= 4 is 19.8 Å². The van der Waals surface area contributed by atoms with E-state index in [4.69, 9.17) is 19.3 Å². The highest BCUT2D eigenvalue weighted by molar-refractivity contribution is 7.46. The standard InChI is InChI=1S/C24H47O8P/c1-3-5-6-7-8-9-10-11-12-13-14-15-16-17-18-19-24(26)32-22(20-30-23(25)4-2)21-31-33(27,28)29/h22H,3-21H2,1-2H3,(H2,27,28,29). The van der Waals surface area contributed by atoms with Crippen LogP contribution in [0.2, 0.25) is 0 Å². The van der Waals surface area contributed by atoms with Gasteiger partial charge in [0, 0.05) is 12.8 Å². The molecule has 8 nitrogen and oxygen atoms in total. The van der Waals surface area contributed by atoms with Gasteiger partial charge in [0.25, 0.3) is 0 Å². The molecular formula is C24H47O8P. The van der Waals surface area contributed by atoms with E-state index in [0.717, 1.165) is 19.3 Å². The van der Waals surface area contributed by atoms with Gasteiger partial charge >= 0.3 is 19.8 Å². The molecule has 2 N–H and O–H groups in total. The molecule has 0 aliphatic rings. The largest absolute Gasteiger partial charge is 0.469 e. The summed E-state index contributed by atoms with van der Waals surface area (Å²) in [5.74, 6) is -0.980. The van der Waals surface area contributed by atoms with Crippen LogP contribution in [0.4, 0.5) is 0 Å². The van der Waals surface area contributed by atoms with Crippen LogP contribution in [0.25, 0.3) is 0 Å². The zero-order valence-electron chi connectivity index (χ0n) is 20.8. The number of phosphoric acid groups is 1. The van der Waals surface area contributed by atoms with Gasteiger partial charge in [-0.1, -0.05) is 104 Å². The van der Waals surface area contributed by atoms with E-state index in [1.54, 1.807) is 6.92 Å². The van der Waals surface area contributed by atoms with E-state index in [0.29, 0.717) is 6.42 Å². The van der Waals surface area contributed by atoms with Crippen LogP contribution >= 0.6 is 7.82 Å². The fourth-order valence-corrected chi connectivity index (χ4v) is 3.83. The molecule has 9 heteroatoms. The second-order valence-corrected chi connectivity index (χ2v) is 9.87. The lowest BCUT2D eigenvalue weighted by molar-refractivity contribution is -0.161. The predicted octanol–water partition coefficient (Wildman–Crippen LogP) is 6.22. The Morgan fingerprint density at radius 3 is 1.58 bits per heavy atom. The summed E-state index contributed by atoms with van der Waals surface area (Å²) in [6.07, 6.45) is 17.9. The molecule has 0 aromatic rings. The van der Waals surface area contributed by atoms with Gasteiger partial charge in [-0.2, -0.15) is 0 Å². The lowest BCUT2D eigenvalue weighted by Gasteiger charge is -2.18. The average molecular weight is 495 g/mol. The third kappa shape index (κ3) is 24.0. The number of hydrogen-bond acceptors (Lipinski definition) is 6. The molecule has 0 rings (SSSR count). The van der Waals surface area contributed by atoms with Crippen molar-refractivity contribution in [1.82, 2.24) is 0 Å². The van der Waals surface area contributed by atoms with E-state index >= 15 is 0 Å². The number of ether oxygens (including phenoxy) is 2. The van der Waals surface area contributed by atoms with E-state index in [9.17, 15) is 14.2 Å². The molecule has 1 unspecified atom stereocenters. The summed E-state index contributed by atoms with van der Waals surface area (Å²) >= 11 is 0. The quantitative estimate of drug-likeness (QED) is 0.0975. The molecule has 0 amide bonds. The maximum absolute atomic E-state index is 12.0. The number of esters is 2. The molecule has 0 aromatic carbocycles. The Hall–Kier alpha value is -0.950. The van der Waals surface area contributed by atoms with Crippen LogP contribution < -0.4 is 0 Å². The summed E-state index contributed by atoms with van der Waals surface area (Å²) in [5, 5.41) is 0. The first kappa shape index (κ1) is 32.0. The van der Waals surface area contributed by atoms with Gasteiger partial charge in [-0.05, 0) is 6.42 Å². The van der Waals surface area contributed by atoms with E-state index in [-0.39, 0.29) is 19.4 Å². The molecule has 0 saturated heterocycles. The Kier molecular flexibility index (Phi) is 21.0. The summed E-state index contributed by atoms with van der Waals surface area (Å²) < 4.78 is 25.3. The molecule has 33 heavy (non-hydrogen) atoms. The lowest BCUT2D eigenvalue weighted by atomic mass is 10.0. The summed E-state index contributed by atoms with van der Waals surface area (Å²) in [7, 11) is -4.70. The number of carbonyl (C=O) groups is 2. The number of unbranched alkanes of at least 4 members (excludes halogenated alkanes) is 14. The Morgan fingerprint density at radius 1 is 0.697 bits per heavy atom. The van der Waals surface area contributed by atoms with Crippen molar-refractivity contribution in [3.05, 3.63) is 0 Å². The second-order valence-electron chi connectivity index (χ2n) is 8.63. The zero-order valence-corrected chi connectivity index (χ0v) is 21.7. The molecule has 0 spiro atoms. The third-order valence-corrected chi connectivity index (χ3v) is 5.92. The van der Waals surface area contributed by atoms with Gasteiger partial charge in [0.2, 0.25) is 0 Å². The Bertz CT molecular complexity index is 535. The monoisotopic (exact) mass is 494 g/mol. The minimum Gasteiger partial charge on any atom is -0.462 e. The fourth-order valence-electron chi connectivity index (χ4n) is 3.47. The number of hydrogen-bond donors (Lipinski definition) is 2. The number of carbonyl (C=O) groups excluding carboxylic acids is 2. The number of rotatable bonds is 23. The first-order valence-corrected chi connectivity index (χ1v) is 14.4. The predicted molar refractivity (Wildman–Crippen MR) is 129 cm³/mol. The van der Waals surface area contributed by atoms with E-state index < -0.39 is 32.5 Å². The average Bonchev–Trinajstić information content (AvgIpc) is 2.77. The Labute approximate surface area is 200 Å². The van der Waals surface area contributed by atoms with Crippen LogP contribution in [0.3, 0.4) is 0 Å². The third-order valence-electron chi connectivity index (χ3n) is 5.43. The molecule has 0 bridgehead atoms. The molecule has 0 radical (unpaired) electrons. The van der Waals surface area contributed by atoms with Crippen LogP contribution in [0.1, 0.15) is 123 Å². The Balaban J connectivity index is 3.73. The normalized spacial score (nSPS) is 12.5. The minimum atomic E-state index is -4.70. The molecule has 0 aromatic heterocycles. The summed E-state index contributed by atoms with van der Waals surface area (Å²) in [6, 6.07) is 0. The van der Waals surface area contributed by atoms with E-state index in [1.165, 1.54) is 70.6 Å². The summed E-state index contributed by atoms with van der Waals surface area (Å²) in [4.78, 5) is 40.9. The Morgan fingerprint density at radius 2 is 1.15 bits per heavy atom. The molecule has 0 heterocycles. The smallest absolute Gasteiger partial charge is 0.462 e. The summed E-state index contributed by atoms with van der Waals surface area (Å²) in [5.41, 5.74) is 0. The van der Waals surface area contributed by atoms with Crippen molar-refractivity contribution < 1.29 is 37.9 Å². The molecule has 0 saturated carbocycles. The van der Waals surface area contributed by atoms with Crippen molar-refractivity contribution in [2.24, 2.45) is 0 Å². The van der Waals surface area contributed by atoms with Crippen molar-refractivity contribution in [2.45, 2.75) is 129 Å². The van der Waals surface area contributed by atoms with E-state index in [2.05, 4.69) is 11.4 Å². The van der Waals surface area contributed by atoms with Gasteiger partial charge in [0.05, 0.1) is 6.61 Å². The maximum Gasteiger partial charge on any atom is 0.469 e. The minimum absolute atomic E-state index is 0.152. The van der Waals surface area contributed by atoms with Crippen LogP contribution in [0.5, 0.6) is 0 Å². The van der Waals surface area contributed by atoms with Crippen molar-refractivity contribution in [2.75, 3.05) is 13.2 Å². The van der Waals surface area contributed by atoms with Crippen LogP contribution in [0.15, 0.2) is 0 Å². The maximum atomic E-state index is 12.0. The van der Waals surface area contributed by atoms with Crippen molar-refractivity contribution in [3.8, 4) is 0 Å². The van der Waals surface area contributed by atoms with E-state index in [1.807, 2.05) is 0 Å². The second kappa shape index (κ2) is 21.6. The van der Waals surface area contributed by atoms with Gasteiger partial charge in [0.15, 0.2) is 6.10 Å². The molecule has 0 aliphatic carbocycles. The molecular weight excluding hydrogens is 447 g/mol. The molecule has 0 aliphatic heterocycles. The van der Waals surface area contributed by atoms with Gasteiger partial charge in [0.1, 0.15) is 6.61 Å². The highest BCUT2D eigenvalue weighted by Crippen LogP contribution is 2.35. The van der Waals surface area contributed by atoms with Crippen LogP contribution in [0, 0.1) is 0 Å². The first-order valence-electron chi connectivity index (χ1n) is 12.8. The van der Waals surface area contributed by atoms with Crippen LogP contribution in [-0.2, 0) is 28.2 Å². The topological polar surface area (TPSA) is 119 Å². The molecule has 196 valence electrons. The highest BCUT2D eigenvalue weighted by Gasteiger charge is 2.22. The van der Waals surface area contributed by atoms with Crippen molar-refractivity contribution in [1.29, 1.82) is 0 Å². The van der Waals surface area contributed by atoms with Crippen LogP contribution in [-0.4, -0.2) is 41.0 Å². The number of phosphoric ester groups is 1. The van der Waals surface area contributed by atoms with Gasteiger partial charge in [-0.3, -0.25) is 14.1 Å². The zero-order chi connectivity index (χ0) is 24.8. The lowest BCUT2D eigenvalue weighted by Crippen LogP contribution is -2.29. The fraction of sp³-hybridized carbons (Fsp3) is 0.917. The molecule has 0 fully saturated rings. The van der Waals surface area contributed by atoms with Crippen molar-refractivity contribution in [3.63, 3.8) is 0 Å². The molecule has 1 atom stereocenters. The SMILES string of the molecule is CCCCCCCCCCCCCCCCCC(=O)OC(COC(=O)CC)COP(=O)(O)O. The van der Waals surface area contributed by atoms with Gasteiger partial charge in [-0.25, -0.2) is 4.57 Å². The van der Waals surface area contributed by atoms with Gasteiger partial charge in [-0.15, -0.1) is 0 Å².